The Kier molecular flexibility index (Phi) is 5.58. The van der Waals surface area contributed by atoms with Crippen LogP contribution in [0.5, 0.6) is 5.75 Å². The van der Waals surface area contributed by atoms with Crippen molar-refractivity contribution in [3.05, 3.63) is 60.2 Å². The van der Waals surface area contributed by atoms with Gasteiger partial charge < -0.3 is 14.5 Å². The molecule has 0 aliphatic carbocycles. The van der Waals surface area contributed by atoms with E-state index >= 15 is 0 Å². The number of ether oxygens (including phenoxy) is 1. The van der Waals surface area contributed by atoms with Crippen LogP contribution in [0.1, 0.15) is 29.6 Å². The van der Waals surface area contributed by atoms with Crippen molar-refractivity contribution in [2.75, 3.05) is 7.11 Å². The van der Waals surface area contributed by atoms with Crippen LogP contribution in [0.25, 0.3) is 11.5 Å². The molecule has 1 N–H and O–H groups in total. The number of hydrogen-bond acceptors (Lipinski definition) is 6. The molecule has 0 spiro atoms. The fraction of sp³-hybridized carbons (Fsp3) is 0.263. The third-order valence-corrected chi connectivity index (χ3v) is 3.93. The topological polar surface area (TPSA) is 90.1 Å². The minimum atomic E-state index is -0.380. The highest BCUT2D eigenvalue weighted by molar-refractivity contribution is 5.89. The van der Waals surface area contributed by atoms with E-state index in [4.69, 9.17) is 9.15 Å². The fourth-order valence-corrected chi connectivity index (χ4v) is 2.45. The highest BCUT2D eigenvalue weighted by atomic mass is 16.5. The molecule has 1 unspecified atom stereocenters. The number of pyridine rings is 1. The van der Waals surface area contributed by atoms with E-state index in [0.717, 1.165) is 18.6 Å². The molecule has 3 aromatic rings. The van der Waals surface area contributed by atoms with Crippen molar-refractivity contribution in [2.24, 2.45) is 0 Å². The molecule has 7 nitrogen and oxygen atoms in total. The third-order valence-electron chi connectivity index (χ3n) is 3.93. The van der Waals surface area contributed by atoms with Crippen LogP contribution in [0.2, 0.25) is 0 Å². The van der Waals surface area contributed by atoms with Gasteiger partial charge in [0, 0.05) is 18.4 Å². The summed E-state index contributed by atoms with van der Waals surface area (Å²) in [5.41, 5.74) is 1.86. The number of aryl methyl sites for hydroxylation is 1. The average Bonchev–Trinajstić information content (AvgIpc) is 3.18. The number of hydrogen-bond donors (Lipinski definition) is 1. The Morgan fingerprint density at radius 3 is 2.73 bits per heavy atom. The van der Waals surface area contributed by atoms with Gasteiger partial charge in [-0.1, -0.05) is 12.1 Å². The fourth-order valence-electron chi connectivity index (χ4n) is 2.45. The summed E-state index contributed by atoms with van der Waals surface area (Å²) in [5.74, 6) is 0.667. The first-order chi connectivity index (χ1) is 12.7. The van der Waals surface area contributed by atoms with E-state index in [0.29, 0.717) is 5.56 Å². The lowest BCUT2D eigenvalue weighted by Crippen LogP contribution is -2.33. The molecular formula is C19H20N4O3. The van der Waals surface area contributed by atoms with Crippen LogP contribution >= 0.6 is 0 Å². The summed E-state index contributed by atoms with van der Waals surface area (Å²) < 4.78 is 10.6. The number of nitrogens with one attached hydrogen (secondary N) is 1. The van der Waals surface area contributed by atoms with Gasteiger partial charge in [0.1, 0.15) is 5.75 Å². The number of benzene rings is 1. The molecule has 3 rings (SSSR count). The minimum absolute atomic E-state index is 0.0293. The summed E-state index contributed by atoms with van der Waals surface area (Å²) in [6.45, 7) is 1.94. The number of nitrogens with zero attached hydrogens (tertiary/aromatic N) is 3. The normalized spacial score (nSPS) is 11.8. The molecule has 0 bridgehead atoms. The van der Waals surface area contributed by atoms with Gasteiger partial charge in [-0.25, -0.2) is 0 Å². The van der Waals surface area contributed by atoms with Crippen LogP contribution in [-0.4, -0.2) is 34.2 Å². The lowest BCUT2D eigenvalue weighted by molar-refractivity contribution is 0.0904. The van der Waals surface area contributed by atoms with Crippen molar-refractivity contribution in [2.45, 2.75) is 25.8 Å². The van der Waals surface area contributed by atoms with Crippen molar-refractivity contribution >= 4 is 5.91 Å². The van der Waals surface area contributed by atoms with E-state index < -0.39 is 0 Å². The molecule has 0 fully saturated rings. The zero-order valence-corrected chi connectivity index (χ0v) is 14.7. The summed E-state index contributed by atoms with van der Waals surface area (Å²) in [4.78, 5) is 16.2. The maximum absolute atomic E-state index is 12.3. The van der Waals surface area contributed by atoms with Gasteiger partial charge in [0.25, 0.3) is 0 Å². The molecule has 0 aliphatic heterocycles. The van der Waals surface area contributed by atoms with E-state index in [1.54, 1.807) is 31.6 Å². The quantitative estimate of drug-likeness (QED) is 0.703. The molecule has 2 heterocycles. The largest absolute Gasteiger partial charge is 0.497 e. The summed E-state index contributed by atoms with van der Waals surface area (Å²) in [6.07, 6.45) is 4.89. The Labute approximate surface area is 151 Å². The van der Waals surface area contributed by atoms with Crippen LogP contribution in [0, 0.1) is 0 Å². The van der Waals surface area contributed by atoms with E-state index in [2.05, 4.69) is 20.5 Å². The Bertz CT molecular complexity index is 847. The van der Waals surface area contributed by atoms with E-state index in [-0.39, 0.29) is 23.7 Å². The lowest BCUT2D eigenvalue weighted by Gasteiger charge is -2.12. The first-order valence-electron chi connectivity index (χ1n) is 8.33. The Hall–Kier alpha value is -3.22. The van der Waals surface area contributed by atoms with Crippen molar-refractivity contribution in [1.82, 2.24) is 20.5 Å². The molecule has 7 heteroatoms. The molecule has 1 amide bonds. The van der Waals surface area contributed by atoms with Crippen molar-refractivity contribution in [3.8, 4) is 17.2 Å². The highest BCUT2D eigenvalue weighted by Crippen LogP contribution is 2.16. The van der Waals surface area contributed by atoms with Crippen LogP contribution < -0.4 is 10.1 Å². The van der Waals surface area contributed by atoms with Gasteiger partial charge in [0.2, 0.25) is 5.89 Å². The van der Waals surface area contributed by atoms with Crippen LogP contribution in [0.15, 0.2) is 53.2 Å². The molecule has 134 valence electrons. The van der Waals surface area contributed by atoms with Crippen molar-refractivity contribution in [1.29, 1.82) is 0 Å². The Morgan fingerprint density at radius 2 is 2.04 bits per heavy atom. The van der Waals surface area contributed by atoms with Crippen LogP contribution in [0.4, 0.5) is 0 Å². The summed E-state index contributed by atoms with van der Waals surface area (Å²) >= 11 is 0. The van der Waals surface area contributed by atoms with E-state index in [1.165, 1.54) is 5.56 Å². The third kappa shape index (κ3) is 4.44. The Balaban J connectivity index is 1.53. The number of rotatable bonds is 7. The molecule has 2 aromatic heterocycles. The zero-order chi connectivity index (χ0) is 18.4. The maximum atomic E-state index is 12.3. The number of aromatic nitrogens is 3. The van der Waals surface area contributed by atoms with Crippen molar-refractivity contribution in [3.63, 3.8) is 0 Å². The Morgan fingerprint density at radius 1 is 1.23 bits per heavy atom. The summed E-state index contributed by atoms with van der Waals surface area (Å²) in [6, 6.07) is 11.4. The SMILES string of the molecule is COc1ccc(CCC(C)NC(=O)c2nnc(-c3cccnc3)o2)cc1. The second kappa shape index (κ2) is 8.24. The predicted molar refractivity (Wildman–Crippen MR) is 95.8 cm³/mol. The smallest absolute Gasteiger partial charge is 0.309 e. The number of carbonyl (C=O) groups excluding carboxylic acids is 1. The molecule has 0 saturated carbocycles. The summed E-state index contributed by atoms with van der Waals surface area (Å²) in [5, 5.41) is 10.6. The van der Waals surface area contributed by atoms with E-state index in [1.807, 2.05) is 31.2 Å². The molecule has 1 atom stereocenters. The van der Waals surface area contributed by atoms with Crippen molar-refractivity contribution < 1.29 is 13.9 Å². The second-order valence-electron chi connectivity index (χ2n) is 5.92. The first kappa shape index (κ1) is 17.6. The number of carbonyl (C=O) groups is 1. The summed E-state index contributed by atoms with van der Waals surface area (Å²) in [7, 11) is 1.64. The molecule has 1 aromatic carbocycles. The molecular weight excluding hydrogens is 332 g/mol. The molecule has 0 radical (unpaired) electrons. The first-order valence-corrected chi connectivity index (χ1v) is 8.33. The van der Waals surface area contributed by atoms with Gasteiger partial charge in [-0.2, -0.15) is 0 Å². The van der Waals surface area contributed by atoms with Crippen LogP contribution in [0.3, 0.4) is 0 Å². The van der Waals surface area contributed by atoms with Gasteiger partial charge in [-0.05, 0) is 49.6 Å². The van der Waals surface area contributed by atoms with Gasteiger partial charge in [0.15, 0.2) is 0 Å². The standard InChI is InChI=1S/C19H20N4O3/c1-13(5-6-14-7-9-16(25-2)10-8-14)21-17(24)19-23-22-18(26-19)15-4-3-11-20-12-15/h3-4,7-13H,5-6H2,1-2H3,(H,21,24). The van der Waals surface area contributed by atoms with Gasteiger partial charge in [-0.3, -0.25) is 9.78 Å². The number of methoxy groups -OCH3 is 1. The predicted octanol–water partition coefficient (Wildman–Crippen LogP) is 2.89. The number of amides is 1. The molecule has 0 aliphatic rings. The van der Waals surface area contributed by atoms with Crippen LogP contribution in [-0.2, 0) is 6.42 Å². The molecule has 26 heavy (non-hydrogen) atoms. The lowest BCUT2D eigenvalue weighted by atomic mass is 10.1. The van der Waals surface area contributed by atoms with E-state index in [9.17, 15) is 4.79 Å². The van der Waals surface area contributed by atoms with Gasteiger partial charge >= 0.3 is 11.8 Å². The second-order valence-corrected chi connectivity index (χ2v) is 5.92. The molecule has 0 saturated heterocycles. The zero-order valence-electron chi connectivity index (χ0n) is 14.7. The maximum Gasteiger partial charge on any atom is 0.309 e. The average molecular weight is 352 g/mol. The minimum Gasteiger partial charge on any atom is -0.497 e. The highest BCUT2D eigenvalue weighted by Gasteiger charge is 2.17. The van der Waals surface area contributed by atoms with Gasteiger partial charge in [-0.15, -0.1) is 10.2 Å². The van der Waals surface area contributed by atoms with Gasteiger partial charge in [0.05, 0.1) is 12.7 Å². The monoisotopic (exact) mass is 352 g/mol.